The van der Waals surface area contributed by atoms with Crippen LogP contribution < -0.4 is 0 Å². The van der Waals surface area contributed by atoms with Crippen molar-refractivity contribution < 1.29 is 9.53 Å². The highest BCUT2D eigenvalue weighted by atomic mass is 16.5. The second-order valence-corrected chi connectivity index (χ2v) is 4.12. The molecule has 0 aliphatic heterocycles. The Balaban J connectivity index is 2.46. The predicted octanol–water partition coefficient (Wildman–Crippen LogP) is 2.59. The molecular formula is C14H17NO2. The van der Waals surface area contributed by atoms with Crippen LogP contribution in [0, 0.1) is 6.92 Å². The molecule has 1 aromatic heterocycles. The van der Waals surface area contributed by atoms with Gasteiger partial charge >= 0.3 is 5.97 Å². The topological polar surface area (TPSA) is 31.2 Å². The molecule has 0 amide bonds. The molecule has 3 heteroatoms. The maximum absolute atomic E-state index is 11.6. The molecule has 0 spiro atoms. The second-order valence-electron chi connectivity index (χ2n) is 4.12. The van der Waals surface area contributed by atoms with Crippen molar-refractivity contribution in [3.63, 3.8) is 0 Å². The van der Waals surface area contributed by atoms with Crippen molar-refractivity contribution in [2.24, 2.45) is 7.05 Å². The minimum absolute atomic E-state index is 0.160. The number of rotatable bonds is 3. The number of fused-ring (bicyclic) bond motifs is 1. The minimum atomic E-state index is -0.160. The van der Waals surface area contributed by atoms with Crippen molar-refractivity contribution in [3.05, 3.63) is 35.5 Å². The molecule has 1 heterocycles. The van der Waals surface area contributed by atoms with Crippen LogP contribution >= 0.6 is 0 Å². The molecule has 3 nitrogen and oxygen atoms in total. The number of carbonyl (C=O) groups excluding carboxylic acids is 1. The summed E-state index contributed by atoms with van der Waals surface area (Å²) in [6.45, 7) is 4.30. The molecule has 0 aliphatic carbocycles. The molecule has 0 bridgehead atoms. The Labute approximate surface area is 101 Å². The number of nitrogens with zero attached hydrogens (tertiary/aromatic N) is 1. The standard InChI is InChI=1S/C14H17NO2/c1-4-17-14(16)9-12-10(2)15(3)13-8-6-5-7-11(12)13/h5-8H,4,9H2,1-3H3. The number of hydrogen-bond acceptors (Lipinski definition) is 2. The van der Waals surface area contributed by atoms with Gasteiger partial charge in [-0.3, -0.25) is 4.79 Å². The van der Waals surface area contributed by atoms with E-state index in [1.54, 1.807) is 0 Å². The Kier molecular flexibility index (Phi) is 3.18. The highest BCUT2D eigenvalue weighted by Crippen LogP contribution is 2.25. The maximum Gasteiger partial charge on any atom is 0.310 e. The van der Waals surface area contributed by atoms with E-state index >= 15 is 0 Å². The van der Waals surface area contributed by atoms with E-state index in [0.717, 1.165) is 22.2 Å². The van der Waals surface area contributed by atoms with Gasteiger partial charge in [-0.25, -0.2) is 0 Å². The van der Waals surface area contributed by atoms with Crippen LogP contribution in [0.15, 0.2) is 24.3 Å². The lowest BCUT2D eigenvalue weighted by atomic mass is 10.1. The lowest BCUT2D eigenvalue weighted by Gasteiger charge is -2.02. The van der Waals surface area contributed by atoms with Crippen LogP contribution in [-0.2, 0) is 23.0 Å². The molecule has 2 rings (SSSR count). The Bertz CT molecular complexity index is 555. The van der Waals surface area contributed by atoms with Gasteiger partial charge in [0.25, 0.3) is 0 Å². The zero-order chi connectivity index (χ0) is 12.4. The van der Waals surface area contributed by atoms with Crippen LogP contribution in [0.3, 0.4) is 0 Å². The fourth-order valence-corrected chi connectivity index (χ4v) is 2.18. The molecule has 0 saturated carbocycles. The summed E-state index contributed by atoms with van der Waals surface area (Å²) < 4.78 is 7.13. The molecule has 0 unspecified atom stereocenters. The quantitative estimate of drug-likeness (QED) is 0.760. The molecule has 0 fully saturated rings. The van der Waals surface area contributed by atoms with Crippen LogP contribution in [0.1, 0.15) is 18.2 Å². The number of carbonyl (C=O) groups is 1. The first kappa shape index (κ1) is 11.7. The number of benzene rings is 1. The number of para-hydroxylation sites is 1. The third kappa shape index (κ3) is 2.05. The lowest BCUT2D eigenvalue weighted by molar-refractivity contribution is -0.142. The number of aromatic nitrogens is 1. The van der Waals surface area contributed by atoms with Crippen molar-refractivity contribution in [1.82, 2.24) is 4.57 Å². The van der Waals surface area contributed by atoms with E-state index < -0.39 is 0 Å². The summed E-state index contributed by atoms with van der Waals surface area (Å²) in [5.41, 5.74) is 3.35. The van der Waals surface area contributed by atoms with Gasteiger partial charge in [-0.2, -0.15) is 0 Å². The zero-order valence-corrected chi connectivity index (χ0v) is 10.5. The van der Waals surface area contributed by atoms with Crippen LogP contribution in [0.25, 0.3) is 10.9 Å². The average Bonchev–Trinajstić information content (AvgIpc) is 2.56. The summed E-state index contributed by atoms with van der Waals surface area (Å²) in [5.74, 6) is -0.160. The molecule has 0 atom stereocenters. The number of aryl methyl sites for hydroxylation is 1. The Morgan fingerprint density at radius 1 is 1.35 bits per heavy atom. The van der Waals surface area contributed by atoms with Crippen LogP contribution in [0.5, 0.6) is 0 Å². The predicted molar refractivity (Wildman–Crippen MR) is 68.0 cm³/mol. The van der Waals surface area contributed by atoms with Crippen molar-refractivity contribution in [2.45, 2.75) is 20.3 Å². The van der Waals surface area contributed by atoms with Crippen molar-refractivity contribution >= 4 is 16.9 Å². The monoisotopic (exact) mass is 231 g/mol. The van der Waals surface area contributed by atoms with Gasteiger partial charge in [0.05, 0.1) is 13.0 Å². The van der Waals surface area contributed by atoms with Gasteiger partial charge in [0.15, 0.2) is 0 Å². The Morgan fingerprint density at radius 3 is 2.76 bits per heavy atom. The first-order valence-electron chi connectivity index (χ1n) is 5.83. The molecular weight excluding hydrogens is 214 g/mol. The van der Waals surface area contributed by atoms with E-state index in [1.807, 2.05) is 33.0 Å². The number of hydrogen-bond donors (Lipinski definition) is 0. The lowest BCUT2D eigenvalue weighted by Crippen LogP contribution is -2.08. The Hall–Kier alpha value is -1.77. The van der Waals surface area contributed by atoms with Gasteiger partial charge < -0.3 is 9.30 Å². The zero-order valence-electron chi connectivity index (χ0n) is 10.5. The minimum Gasteiger partial charge on any atom is -0.466 e. The van der Waals surface area contributed by atoms with E-state index in [1.165, 1.54) is 0 Å². The molecule has 2 aromatic rings. The molecule has 0 aliphatic rings. The van der Waals surface area contributed by atoms with Gasteiger partial charge in [-0.05, 0) is 25.5 Å². The largest absolute Gasteiger partial charge is 0.466 e. The summed E-state index contributed by atoms with van der Waals surface area (Å²) in [6.07, 6.45) is 0.348. The third-order valence-corrected chi connectivity index (χ3v) is 3.16. The van der Waals surface area contributed by atoms with Gasteiger partial charge in [0.1, 0.15) is 0 Å². The smallest absolute Gasteiger partial charge is 0.310 e. The van der Waals surface area contributed by atoms with E-state index in [4.69, 9.17) is 4.74 Å². The number of ether oxygens (including phenoxy) is 1. The van der Waals surface area contributed by atoms with E-state index in [2.05, 4.69) is 16.7 Å². The van der Waals surface area contributed by atoms with E-state index in [0.29, 0.717) is 13.0 Å². The fraction of sp³-hybridized carbons (Fsp3) is 0.357. The summed E-state index contributed by atoms with van der Waals surface area (Å²) in [7, 11) is 2.02. The number of esters is 1. The highest BCUT2D eigenvalue weighted by Gasteiger charge is 2.14. The normalized spacial score (nSPS) is 10.8. The summed E-state index contributed by atoms with van der Waals surface area (Å²) in [5, 5.41) is 1.14. The summed E-state index contributed by atoms with van der Waals surface area (Å²) in [4.78, 5) is 11.6. The first-order chi connectivity index (χ1) is 8.15. The maximum atomic E-state index is 11.6. The molecule has 1 aromatic carbocycles. The van der Waals surface area contributed by atoms with Gasteiger partial charge in [0.2, 0.25) is 0 Å². The average molecular weight is 231 g/mol. The van der Waals surface area contributed by atoms with Crippen molar-refractivity contribution in [1.29, 1.82) is 0 Å². The first-order valence-corrected chi connectivity index (χ1v) is 5.83. The van der Waals surface area contributed by atoms with Gasteiger partial charge in [-0.15, -0.1) is 0 Å². The van der Waals surface area contributed by atoms with Crippen LogP contribution in [0.2, 0.25) is 0 Å². The third-order valence-electron chi connectivity index (χ3n) is 3.16. The molecule has 0 saturated heterocycles. The molecule has 0 radical (unpaired) electrons. The van der Waals surface area contributed by atoms with Gasteiger partial charge in [-0.1, -0.05) is 18.2 Å². The molecule has 0 N–H and O–H groups in total. The molecule has 17 heavy (non-hydrogen) atoms. The van der Waals surface area contributed by atoms with Crippen LogP contribution in [0.4, 0.5) is 0 Å². The SMILES string of the molecule is CCOC(=O)Cc1c(C)n(C)c2ccccc12. The Morgan fingerprint density at radius 2 is 2.06 bits per heavy atom. The summed E-state index contributed by atoms with van der Waals surface area (Å²) in [6, 6.07) is 8.13. The van der Waals surface area contributed by atoms with E-state index in [-0.39, 0.29) is 5.97 Å². The second kappa shape index (κ2) is 4.62. The van der Waals surface area contributed by atoms with Gasteiger partial charge in [0, 0.05) is 23.6 Å². The van der Waals surface area contributed by atoms with E-state index in [9.17, 15) is 4.79 Å². The van der Waals surface area contributed by atoms with Crippen molar-refractivity contribution in [2.75, 3.05) is 6.61 Å². The van der Waals surface area contributed by atoms with Crippen molar-refractivity contribution in [3.8, 4) is 0 Å². The highest BCUT2D eigenvalue weighted by molar-refractivity contribution is 5.89. The van der Waals surface area contributed by atoms with Crippen LogP contribution in [-0.4, -0.2) is 17.1 Å². The molecule has 90 valence electrons. The fourth-order valence-electron chi connectivity index (χ4n) is 2.18. The summed E-state index contributed by atoms with van der Waals surface area (Å²) >= 11 is 0.